The summed E-state index contributed by atoms with van der Waals surface area (Å²) in [7, 11) is -3.59. The lowest BCUT2D eigenvalue weighted by Crippen LogP contribution is -2.13. The first-order valence-electron chi connectivity index (χ1n) is 6.74. The molecular formula is C14H19N3O2S2. The van der Waals surface area contributed by atoms with E-state index in [9.17, 15) is 8.42 Å². The molecule has 21 heavy (non-hydrogen) atoms. The number of hydrogen-bond acceptors (Lipinski definition) is 5. The quantitative estimate of drug-likeness (QED) is 0.853. The second kappa shape index (κ2) is 6.44. The summed E-state index contributed by atoms with van der Waals surface area (Å²) in [6, 6.07) is 6.66. The maximum Gasteiger partial charge on any atom is 0.263 e. The van der Waals surface area contributed by atoms with Gasteiger partial charge in [-0.25, -0.2) is 13.4 Å². The molecule has 1 aromatic carbocycles. The molecule has 2 N–H and O–H groups in total. The Morgan fingerprint density at radius 2 is 1.90 bits per heavy atom. The van der Waals surface area contributed by atoms with Gasteiger partial charge in [-0.2, -0.15) is 0 Å². The maximum absolute atomic E-state index is 12.3. The van der Waals surface area contributed by atoms with Crippen LogP contribution in [0.25, 0.3) is 0 Å². The first-order valence-corrected chi connectivity index (χ1v) is 9.11. The van der Waals surface area contributed by atoms with E-state index in [0.717, 1.165) is 17.9 Å². The molecule has 0 atom stereocenters. The molecule has 0 radical (unpaired) electrons. The second-order valence-electron chi connectivity index (χ2n) is 4.89. The van der Waals surface area contributed by atoms with Gasteiger partial charge in [-0.3, -0.25) is 4.72 Å². The molecule has 114 valence electrons. The van der Waals surface area contributed by atoms with Gasteiger partial charge in [0, 0.05) is 17.6 Å². The van der Waals surface area contributed by atoms with E-state index in [2.05, 4.69) is 15.0 Å². The molecule has 0 amide bonds. The molecule has 0 aliphatic carbocycles. The fraction of sp³-hybridized carbons (Fsp3) is 0.357. The Kier molecular flexibility index (Phi) is 4.84. The first-order chi connectivity index (χ1) is 9.92. The van der Waals surface area contributed by atoms with Crippen LogP contribution in [0.4, 0.5) is 10.8 Å². The predicted molar refractivity (Wildman–Crippen MR) is 87.6 cm³/mol. The van der Waals surface area contributed by atoms with Gasteiger partial charge in [0.2, 0.25) is 0 Å². The smallest absolute Gasteiger partial charge is 0.263 e. The van der Waals surface area contributed by atoms with Crippen LogP contribution in [0.5, 0.6) is 0 Å². The van der Waals surface area contributed by atoms with Crippen LogP contribution in [0.3, 0.4) is 0 Å². The normalized spacial score (nSPS) is 11.6. The third kappa shape index (κ3) is 3.95. The van der Waals surface area contributed by atoms with Crippen LogP contribution in [0.2, 0.25) is 0 Å². The van der Waals surface area contributed by atoms with Crippen LogP contribution in [0.1, 0.15) is 32.4 Å². The molecule has 1 heterocycles. The highest BCUT2D eigenvalue weighted by molar-refractivity contribution is 7.93. The number of thiazole rings is 1. The number of sulfonamides is 1. The van der Waals surface area contributed by atoms with E-state index in [0.29, 0.717) is 5.13 Å². The van der Waals surface area contributed by atoms with Crippen LogP contribution in [-0.2, 0) is 10.0 Å². The Bertz CT molecular complexity index is 691. The first kappa shape index (κ1) is 15.8. The van der Waals surface area contributed by atoms with E-state index in [-0.39, 0.29) is 10.8 Å². The lowest BCUT2D eigenvalue weighted by Gasteiger charge is -2.07. The lowest BCUT2D eigenvalue weighted by atomic mass is 10.2. The summed E-state index contributed by atoms with van der Waals surface area (Å²) in [5.74, 6) is 0.277. The monoisotopic (exact) mass is 325 g/mol. The van der Waals surface area contributed by atoms with E-state index >= 15 is 0 Å². The van der Waals surface area contributed by atoms with E-state index in [4.69, 9.17) is 0 Å². The van der Waals surface area contributed by atoms with Gasteiger partial charge < -0.3 is 5.32 Å². The van der Waals surface area contributed by atoms with E-state index in [1.54, 1.807) is 24.3 Å². The number of hydrogen-bond donors (Lipinski definition) is 2. The molecule has 2 rings (SSSR count). The van der Waals surface area contributed by atoms with Crippen molar-refractivity contribution in [1.82, 2.24) is 4.98 Å². The minimum atomic E-state index is -3.59. The van der Waals surface area contributed by atoms with Crippen molar-refractivity contribution < 1.29 is 8.42 Å². The molecule has 0 saturated carbocycles. The van der Waals surface area contributed by atoms with Crippen LogP contribution < -0.4 is 10.0 Å². The van der Waals surface area contributed by atoms with Crippen LogP contribution in [-0.4, -0.2) is 19.9 Å². The molecule has 0 spiro atoms. The van der Waals surface area contributed by atoms with Gasteiger partial charge >= 0.3 is 0 Å². The Labute approximate surface area is 129 Å². The summed E-state index contributed by atoms with van der Waals surface area (Å²) >= 11 is 1.30. The third-order valence-electron chi connectivity index (χ3n) is 2.88. The molecule has 0 aliphatic heterocycles. The molecule has 0 unspecified atom stereocenters. The van der Waals surface area contributed by atoms with Gasteiger partial charge in [0.15, 0.2) is 5.13 Å². The molecule has 1 aromatic heterocycles. The summed E-state index contributed by atoms with van der Waals surface area (Å²) in [6.45, 7) is 6.82. The minimum absolute atomic E-state index is 0.227. The zero-order valence-electron chi connectivity index (χ0n) is 12.3. The van der Waals surface area contributed by atoms with Crippen molar-refractivity contribution >= 4 is 32.2 Å². The average Bonchev–Trinajstić information content (AvgIpc) is 2.88. The molecule has 0 aliphatic rings. The zero-order chi connectivity index (χ0) is 15.5. The highest BCUT2D eigenvalue weighted by atomic mass is 32.2. The third-order valence-corrected chi connectivity index (χ3v) is 5.14. The van der Waals surface area contributed by atoms with E-state index < -0.39 is 10.0 Å². The predicted octanol–water partition coefficient (Wildman–Crippen LogP) is 3.50. The zero-order valence-corrected chi connectivity index (χ0v) is 13.9. The summed E-state index contributed by atoms with van der Waals surface area (Å²) in [6.07, 6.45) is 0. The number of aromatic nitrogens is 1. The van der Waals surface area contributed by atoms with Crippen molar-refractivity contribution in [1.29, 1.82) is 0 Å². The maximum atomic E-state index is 12.3. The van der Waals surface area contributed by atoms with Crippen LogP contribution in [0.15, 0.2) is 34.5 Å². The van der Waals surface area contributed by atoms with Gasteiger partial charge in [-0.05, 0) is 37.1 Å². The van der Waals surface area contributed by atoms with E-state index in [1.807, 2.05) is 26.2 Å². The largest absolute Gasteiger partial charge is 0.385 e. The SMILES string of the molecule is CCNc1ccc(S(=O)(=O)Nc2nc(C(C)C)cs2)cc1. The topological polar surface area (TPSA) is 71.1 Å². The van der Waals surface area contributed by atoms with Crippen LogP contribution >= 0.6 is 11.3 Å². The lowest BCUT2D eigenvalue weighted by molar-refractivity contribution is 0.601. The number of nitrogens with one attached hydrogen (secondary N) is 2. The number of anilines is 2. The van der Waals surface area contributed by atoms with Crippen molar-refractivity contribution in [2.24, 2.45) is 0 Å². The fourth-order valence-corrected chi connectivity index (χ4v) is 3.85. The Balaban J connectivity index is 2.17. The van der Waals surface area contributed by atoms with Gasteiger partial charge in [0.05, 0.1) is 10.6 Å². The molecule has 5 nitrogen and oxygen atoms in total. The Morgan fingerprint density at radius 1 is 1.24 bits per heavy atom. The molecule has 7 heteroatoms. The standard InChI is InChI=1S/C14H19N3O2S2/c1-4-15-11-5-7-12(8-6-11)21(18,19)17-14-16-13(9-20-14)10(2)3/h5-10,15H,4H2,1-3H3,(H,16,17). The van der Waals surface area contributed by atoms with Crippen molar-refractivity contribution in [3.63, 3.8) is 0 Å². The molecule has 0 bridgehead atoms. The van der Waals surface area contributed by atoms with Crippen LogP contribution in [0, 0.1) is 0 Å². The van der Waals surface area contributed by atoms with E-state index in [1.165, 1.54) is 11.3 Å². The van der Waals surface area contributed by atoms with Gasteiger partial charge in [-0.15, -0.1) is 11.3 Å². The van der Waals surface area contributed by atoms with Gasteiger partial charge in [-0.1, -0.05) is 13.8 Å². The highest BCUT2D eigenvalue weighted by Gasteiger charge is 2.16. The highest BCUT2D eigenvalue weighted by Crippen LogP contribution is 2.24. The van der Waals surface area contributed by atoms with Gasteiger partial charge in [0.25, 0.3) is 10.0 Å². The number of nitrogens with zero attached hydrogens (tertiary/aromatic N) is 1. The summed E-state index contributed by atoms with van der Waals surface area (Å²) < 4.78 is 27.1. The van der Waals surface area contributed by atoms with Crippen molar-refractivity contribution in [3.8, 4) is 0 Å². The summed E-state index contributed by atoms with van der Waals surface area (Å²) in [5.41, 5.74) is 1.79. The average molecular weight is 325 g/mol. The van der Waals surface area contributed by atoms with Crippen molar-refractivity contribution in [2.45, 2.75) is 31.6 Å². The Hall–Kier alpha value is -1.60. The second-order valence-corrected chi connectivity index (χ2v) is 7.43. The molecule has 0 fully saturated rings. The summed E-state index contributed by atoms with van der Waals surface area (Å²) in [5, 5.41) is 5.40. The molecular weight excluding hydrogens is 306 g/mol. The molecule has 2 aromatic rings. The Morgan fingerprint density at radius 3 is 2.43 bits per heavy atom. The van der Waals surface area contributed by atoms with Gasteiger partial charge in [0.1, 0.15) is 0 Å². The fourth-order valence-electron chi connectivity index (χ4n) is 1.73. The number of rotatable bonds is 6. The summed E-state index contributed by atoms with van der Waals surface area (Å²) in [4.78, 5) is 4.51. The van der Waals surface area contributed by atoms with Crippen molar-refractivity contribution in [3.05, 3.63) is 35.3 Å². The molecule has 0 saturated heterocycles. The number of benzene rings is 1. The van der Waals surface area contributed by atoms with Crippen molar-refractivity contribution in [2.75, 3.05) is 16.6 Å². The minimum Gasteiger partial charge on any atom is -0.385 e.